The normalized spacial score (nSPS) is 27.7. The second kappa shape index (κ2) is 3.85. The van der Waals surface area contributed by atoms with Gasteiger partial charge in [-0.25, -0.2) is 0 Å². The molecule has 1 spiro atoms. The summed E-state index contributed by atoms with van der Waals surface area (Å²) in [5.74, 6) is 1.50. The van der Waals surface area contributed by atoms with Crippen molar-refractivity contribution in [3.8, 4) is 0 Å². The van der Waals surface area contributed by atoms with Gasteiger partial charge in [0.05, 0.1) is 0 Å². The molecule has 0 bridgehead atoms. The van der Waals surface area contributed by atoms with Crippen molar-refractivity contribution >= 4 is 0 Å². The lowest BCUT2D eigenvalue weighted by molar-refractivity contribution is 0.211. The van der Waals surface area contributed by atoms with E-state index in [0.717, 1.165) is 12.5 Å². The third-order valence-corrected chi connectivity index (χ3v) is 5.85. The van der Waals surface area contributed by atoms with Crippen LogP contribution in [0.2, 0.25) is 0 Å². The monoisotopic (exact) mass is 255 g/mol. The molecule has 4 rings (SSSR count). The topological polar surface area (TPSA) is 3.24 Å². The largest absolute Gasteiger partial charge is 0.301 e. The van der Waals surface area contributed by atoms with Crippen molar-refractivity contribution in [3.63, 3.8) is 0 Å². The highest BCUT2D eigenvalue weighted by Gasteiger charge is 2.53. The number of aryl methyl sites for hydroxylation is 1. The van der Waals surface area contributed by atoms with Crippen LogP contribution in [0.25, 0.3) is 0 Å². The molecule has 102 valence electrons. The highest BCUT2D eigenvalue weighted by Crippen LogP contribution is 2.63. The minimum absolute atomic E-state index is 0.657. The van der Waals surface area contributed by atoms with Crippen LogP contribution in [0, 0.1) is 5.41 Å². The van der Waals surface area contributed by atoms with Gasteiger partial charge in [-0.1, -0.05) is 26.0 Å². The molecule has 0 N–H and O–H groups in total. The van der Waals surface area contributed by atoms with E-state index in [-0.39, 0.29) is 0 Å². The zero-order valence-electron chi connectivity index (χ0n) is 12.5. The van der Waals surface area contributed by atoms with E-state index in [9.17, 15) is 0 Å². The summed E-state index contributed by atoms with van der Waals surface area (Å²) >= 11 is 0. The van der Waals surface area contributed by atoms with Crippen molar-refractivity contribution < 1.29 is 0 Å². The van der Waals surface area contributed by atoms with Gasteiger partial charge in [0.2, 0.25) is 0 Å². The smallest absolute Gasteiger partial charge is 0.0233 e. The molecule has 1 heterocycles. The summed E-state index contributed by atoms with van der Waals surface area (Å²) in [5.41, 5.74) is 7.36. The summed E-state index contributed by atoms with van der Waals surface area (Å²) in [4.78, 5) is 2.55. The van der Waals surface area contributed by atoms with Crippen molar-refractivity contribution in [3.05, 3.63) is 34.4 Å². The quantitative estimate of drug-likeness (QED) is 0.731. The predicted molar refractivity (Wildman–Crippen MR) is 79.6 cm³/mol. The molecule has 1 aromatic rings. The van der Waals surface area contributed by atoms with Gasteiger partial charge in [0.25, 0.3) is 0 Å². The molecule has 1 unspecified atom stereocenters. The first-order valence-electron chi connectivity index (χ1n) is 7.93. The lowest BCUT2D eigenvalue weighted by Gasteiger charge is -2.42. The highest BCUT2D eigenvalue weighted by atomic mass is 15.1. The molecule has 1 nitrogen and oxygen atoms in total. The fourth-order valence-electron chi connectivity index (χ4n) is 4.50. The summed E-state index contributed by atoms with van der Waals surface area (Å²) in [6.45, 7) is 7.10. The first-order chi connectivity index (χ1) is 9.09. The van der Waals surface area contributed by atoms with Crippen LogP contribution in [0.4, 0.5) is 0 Å². The minimum Gasteiger partial charge on any atom is -0.301 e. The molecule has 1 saturated carbocycles. The highest BCUT2D eigenvalue weighted by molar-refractivity contribution is 5.47. The predicted octanol–water partition coefficient (Wildman–Crippen LogP) is 4.07. The van der Waals surface area contributed by atoms with Crippen molar-refractivity contribution in [2.45, 2.75) is 57.9 Å². The van der Waals surface area contributed by atoms with Crippen molar-refractivity contribution in [1.82, 2.24) is 4.90 Å². The molecule has 3 aliphatic rings. The molecule has 0 radical (unpaired) electrons. The summed E-state index contributed by atoms with van der Waals surface area (Å²) in [6.07, 6.45) is 5.75. The second-order valence-electron chi connectivity index (χ2n) is 7.52. The molecule has 1 aliphatic heterocycles. The van der Waals surface area contributed by atoms with Gasteiger partial charge in [-0.2, -0.15) is 0 Å². The lowest BCUT2D eigenvalue weighted by Crippen LogP contribution is -2.38. The van der Waals surface area contributed by atoms with Crippen LogP contribution < -0.4 is 0 Å². The Balaban J connectivity index is 1.88. The van der Waals surface area contributed by atoms with Gasteiger partial charge in [0, 0.05) is 19.0 Å². The number of benzene rings is 1. The van der Waals surface area contributed by atoms with Gasteiger partial charge in [0.15, 0.2) is 0 Å². The average Bonchev–Trinajstić information content (AvgIpc) is 3.14. The molecule has 1 heteroatoms. The Kier molecular flexibility index (Phi) is 2.42. The zero-order valence-corrected chi connectivity index (χ0v) is 12.5. The molecule has 1 fully saturated rings. The molecule has 1 aromatic carbocycles. The van der Waals surface area contributed by atoms with Crippen molar-refractivity contribution in [2.24, 2.45) is 5.41 Å². The van der Waals surface area contributed by atoms with Gasteiger partial charge in [-0.15, -0.1) is 0 Å². The van der Waals surface area contributed by atoms with Crippen LogP contribution in [0.5, 0.6) is 0 Å². The van der Waals surface area contributed by atoms with Crippen LogP contribution in [-0.4, -0.2) is 18.5 Å². The van der Waals surface area contributed by atoms with Crippen LogP contribution >= 0.6 is 0 Å². The van der Waals surface area contributed by atoms with Crippen molar-refractivity contribution in [1.29, 1.82) is 0 Å². The van der Waals surface area contributed by atoms with E-state index in [0.29, 0.717) is 11.3 Å². The summed E-state index contributed by atoms with van der Waals surface area (Å²) in [7, 11) is 2.30. The van der Waals surface area contributed by atoms with Gasteiger partial charge in [0.1, 0.15) is 0 Å². The molecule has 1 atom stereocenters. The Morgan fingerprint density at radius 1 is 1.16 bits per heavy atom. The number of rotatable bonds is 1. The van der Waals surface area contributed by atoms with Crippen molar-refractivity contribution in [2.75, 3.05) is 13.6 Å². The number of fused-ring (bicyclic) bond motifs is 1. The third kappa shape index (κ3) is 1.71. The Bertz CT molecular complexity index is 525. The first kappa shape index (κ1) is 12.0. The van der Waals surface area contributed by atoms with Crippen LogP contribution in [0.3, 0.4) is 0 Å². The standard InChI is InChI=1S/C18H25N/c1-12(2)14-8-13-4-5-18(6-7-18)16-11-19(3)10-15(9-14)17(13)16/h8-9,12,16H,4-7,10-11H2,1-3H3. The Morgan fingerprint density at radius 2 is 1.89 bits per heavy atom. The average molecular weight is 255 g/mol. The fraction of sp³-hybridized carbons (Fsp3) is 0.667. The molecular formula is C18H25N. The number of nitrogens with zero attached hydrogens (tertiary/aromatic N) is 1. The molecular weight excluding hydrogens is 230 g/mol. The number of hydrogen-bond donors (Lipinski definition) is 0. The fourth-order valence-corrected chi connectivity index (χ4v) is 4.50. The van der Waals surface area contributed by atoms with Gasteiger partial charge >= 0.3 is 0 Å². The summed E-state index contributed by atoms with van der Waals surface area (Å²) in [6, 6.07) is 5.03. The van der Waals surface area contributed by atoms with E-state index in [1.165, 1.54) is 32.2 Å². The zero-order chi connectivity index (χ0) is 13.2. The second-order valence-corrected chi connectivity index (χ2v) is 7.52. The van der Waals surface area contributed by atoms with Crippen LogP contribution in [0.1, 0.15) is 67.2 Å². The van der Waals surface area contributed by atoms with E-state index in [1.54, 1.807) is 22.3 Å². The van der Waals surface area contributed by atoms with Crippen LogP contribution in [0.15, 0.2) is 12.1 Å². The molecule has 19 heavy (non-hydrogen) atoms. The molecule has 0 saturated heterocycles. The molecule has 2 aliphatic carbocycles. The summed E-state index contributed by atoms with van der Waals surface area (Å²) in [5, 5.41) is 0. The molecule has 0 aromatic heterocycles. The molecule has 0 amide bonds. The number of hydrogen-bond acceptors (Lipinski definition) is 1. The van der Waals surface area contributed by atoms with E-state index < -0.39 is 0 Å². The van der Waals surface area contributed by atoms with E-state index >= 15 is 0 Å². The Hall–Kier alpha value is -0.820. The van der Waals surface area contributed by atoms with E-state index in [2.05, 4.69) is 37.9 Å². The van der Waals surface area contributed by atoms with E-state index in [1.807, 2.05) is 0 Å². The summed E-state index contributed by atoms with van der Waals surface area (Å²) < 4.78 is 0. The number of likely N-dealkylation sites (N-methyl/N-ethyl adjacent to an activating group) is 1. The van der Waals surface area contributed by atoms with Gasteiger partial charge < -0.3 is 4.90 Å². The maximum absolute atomic E-state index is 2.55. The third-order valence-electron chi connectivity index (χ3n) is 5.85. The minimum atomic E-state index is 0.657. The Labute approximate surface area is 117 Å². The maximum atomic E-state index is 2.55. The van der Waals surface area contributed by atoms with E-state index in [4.69, 9.17) is 0 Å². The van der Waals surface area contributed by atoms with Crippen LogP contribution in [-0.2, 0) is 13.0 Å². The first-order valence-corrected chi connectivity index (χ1v) is 7.93. The lowest BCUT2D eigenvalue weighted by atomic mass is 9.68. The SMILES string of the molecule is CC(C)c1cc2c3c(c1)CN(C)CC3C1(CC2)CC1. The van der Waals surface area contributed by atoms with Gasteiger partial charge in [-0.05, 0) is 66.3 Å². The Morgan fingerprint density at radius 3 is 2.58 bits per heavy atom. The maximum Gasteiger partial charge on any atom is 0.0233 e. The van der Waals surface area contributed by atoms with Gasteiger partial charge in [-0.3, -0.25) is 0 Å².